The molecule has 0 bridgehead atoms. The number of hydrogen-bond donors (Lipinski definition) is 1. The van der Waals surface area contributed by atoms with Gasteiger partial charge in [-0.1, -0.05) is 12.1 Å². The van der Waals surface area contributed by atoms with Crippen molar-refractivity contribution in [2.45, 2.75) is 39.3 Å². The number of carbonyl (C=O) groups excluding carboxylic acids is 1. The van der Waals surface area contributed by atoms with Gasteiger partial charge in [0, 0.05) is 5.56 Å². The number of amides is 1. The first-order valence-electron chi connectivity index (χ1n) is 6.06. The minimum Gasteiger partial charge on any atom is -0.493 e. The molecule has 19 heavy (non-hydrogen) atoms. The Balaban J connectivity index is 2.81. The van der Waals surface area contributed by atoms with Crippen LogP contribution < -0.4 is 10.1 Å². The second kappa shape index (κ2) is 5.91. The highest BCUT2D eigenvalue weighted by Crippen LogP contribution is 2.27. The van der Waals surface area contributed by atoms with Crippen molar-refractivity contribution < 1.29 is 18.7 Å². The standard InChI is InChI=1S/C14H20FNO3/c1-9(16-13(17)19-14(2,3)4)10-7-6-8-11(15)12(10)18-5/h6-9H,1-5H3,(H,16,17). The molecule has 0 fully saturated rings. The summed E-state index contributed by atoms with van der Waals surface area (Å²) in [6.07, 6.45) is -0.550. The van der Waals surface area contributed by atoms with Crippen molar-refractivity contribution in [3.8, 4) is 5.75 Å². The average molecular weight is 269 g/mol. The summed E-state index contributed by atoms with van der Waals surface area (Å²) in [5.41, 5.74) is -0.0103. The molecule has 1 atom stereocenters. The highest BCUT2D eigenvalue weighted by Gasteiger charge is 2.20. The van der Waals surface area contributed by atoms with Crippen LogP contribution >= 0.6 is 0 Å². The number of carbonyl (C=O) groups is 1. The van der Waals surface area contributed by atoms with Gasteiger partial charge >= 0.3 is 6.09 Å². The molecule has 1 aromatic carbocycles. The van der Waals surface area contributed by atoms with Crippen LogP contribution in [0.2, 0.25) is 0 Å². The predicted molar refractivity (Wildman–Crippen MR) is 70.7 cm³/mol. The van der Waals surface area contributed by atoms with E-state index in [0.29, 0.717) is 5.56 Å². The summed E-state index contributed by atoms with van der Waals surface area (Å²) in [4.78, 5) is 11.7. The van der Waals surface area contributed by atoms with Crippen molar-refractivity contribution in [3.05, 3.63) is 29.6 Å². The number of para-hydroxylation sites is 1. The van der Waals surface area contributed by atoms with Crippen molar-refractivity contribution in [1.29, 1.82) is 0 Å². The molecule has 4 nitrogen and oxygen atoms in total. The number of benzene rings is 1. The van der Waals surface area contributed by atoms with E-state index >= 15 is 0 Å². The molecule has 0 saturated carbocycles. The third-order valence-electron chi connectivity index (χ3n) is 2.40. The maximum Gasteiger partial charge on any atom is 0.408 e. The first-order valence-corrected chi connectivity index (χ1v) is 6.06. The summed E-state index contributed by atoms with van der Waals surface area (Å²) in [6.45, 7) is 7.07. The first-order chi connectivity index (χ1) is 8.74. The quantitative estimate of drug-likeness (QED) is 0.914. The van der Waals surface area contributed by atoms with Crippen LogP contribution in [0.1, 0.15) is 39.3 Å². The zero-order valence-corrected chi connectivity index (χ0v) is 11.9. The van der Waals surface area contributed by atoms with Crippen LogP contribution in [0.25, 0.3) is 0 Å². The van der Waals surface area contributed by atoms with Crippen LogP contribution in [0.3, 0.4) is 0 Å². The zero-order chi connectivity index (χ0) is 14.6. The fraction of sp³-hybridized carbons (Fsp3) is 0.500. The average Bonchev–Trinajstić information content (AvgIpc) is 2.25. The lowest BCUT2D eigenvalue weighted by atomic mass is 10.1. The summed E-state index contributed by atoms with van der Waals surface area (Å²) >= 11 is 0. The van der Waals surface area contributed by atoms with E-state index in [1.54, 1.807) is 39.8 Å². The van der Waals surface area contributed by atoms with E-state index in [2.05, 4.69) is 5.32 Å². The van der Waals surface area contributed by atoms with Crippen molar-refractivity contribution >= 4 is 6.09 Å². The molecule has 0 aliphatic carbocycles. The third-order valence-corrected chi connectivity index (χ3v) is 2.40. The molecule has 106 valence electrons. The van der Waals surface area contributed by atoms with Crippen LogP contribution in [0.5, 0.6) is 5.75 Å². The van der Waals surface area contributed by atoms with E-state index in [1.165, 1.54) is 13.2 Å². The Kier molecular flexibility index (Phi) is 4.75. The Hall–Kier alpha value is -1.78. The van der Waals surface area contributed by atoms with Crippen LogP contribution in [0.4, 0.5) is 9.18 Å². The lowest BCUT2D eigenvalue weighted by molar-refractivity contribution is 0.0507. The molecule has 1 aromatic rings. The molecular weight excluding hydrogens is 249 g/mol. The van der Waals surface area contributed by atoms with Gasteiger partial charge in [0.15, 0.2) is 11.6 Å². The smallest absolute Gasteiger partial charge is 0.408 e. The summed E-state index contributed by atoms with van der Waals surface area (Å²) in [7, 11) is 1.39. The fourth-order valence-corrected chi connectivity index (χ4v) is 1.64. The number of rotatable bonds is 3. The van der Waals surface area contributed by atoms with Gasteiger partial charge in [-0.25, -0.2) is 9.18 Å². The van der Waals surface area contributed by atoms with Crippen LogP contribution in [-0.2, 0) is 4.74 Å². The van der Waals surface area contributed by atoms with Crippen LogP contribution in [0, 0.1) is 5.82 Å². The van der Waals surface area contributed by atoms with E-state index in [-0.39, 0.29) is 5.75 Å². The van der Waals surface area contributed by atoms with Gasteiger partial charge < -0.3 is 14.8 Å². The molecule has 0 aromatic heterocycles. The number of alkyl carbamates (subject to hydrolysis) is 1. The Morgan fingerprint density at radius 2 is 2.00 bits per heavy atom. The molecule has 0 radical (unpaired) electrons. The van der Waals surface area contributed by atoms with Crippen LogP contribution in [0.15, 0.2) is 18.2 Å². The van der Waals surface area contributed by atoms with Crippen molar-refractivity contribution in [2.75, 3.05) is 7.11 Å². The summed E-state index contributed by atoms with van der Waals surface area (Å²) < 4.78 is 23.7. The molecule has 5 heteroatoms. The normalized spacial score (nSPS) is 12.7. The fourth-order valence-electron chi connectivity index (χ4n) is 1.64. The molecule has 1 amide bonds. The molecule has 0 heterocycles. The van der Waals surface area contributed by atoms with Crippen molar-refractivity contribution in [3.63, 3.8) is 0 Å². The SMILES string of the molecule is COc1c(F)cccc1C(C)NC(=O)OC(C)(C)C. The third kappa shape index (κ3) is 4.43. The highest BCUT2D eigenvalue weighted by molar-refractivity contribution is 5.68. The maximum absolute atomic E-state index is 13.6. The minimum absolute atomic E-state index is 0.131. The Labute approximate surface area is 112 Å². The van der Waals surface area contributed by atoms with Gasteiger partial charge in [0.1, 0.15) is 5.60 Å². The largest absolute Gasteiger partial charge is 0.493 e. The van der Waals surface area contributed by atoms with E-state index in [9.17, 15) is 9.18 Å². The Morgan fingerprint density at radius 1 is 1.37 bits per heavy atom. The Morgan fingerprint density at radius 3 is 2.53 bits per heavy atom. The molecule has 0 aliphatic heterocycles. The van der Waals surface area contributed by atoms with E-state index in [0.717, 1.165) is 0 Å². The molecule has 1 N–H and O–H groups in total. The van der Waals surface area contributed by atoms with Crippen molar-refractivity contribution in [2.24, 2.45) is 0 Å². The van der Waals surface area contributed by atoms with Gasteiger partial charge in [0.25, 0.3) is 0 Å². The predicted octanol–water partition coefficient (Wildman–Crippen LogP) is 3.42. The van der Waals surface area contributed by atoms with E-state index < -0.39 is 23.6 Å². The van der Waals surface area contributed by atoms with Gasteiger partial charge in [-0.05, 0) is 33.8 Å². The second-order valence-electron chi connectivity index (χ2n) is 5.23. The van der Waals surface area contributed by atoms with Gasteiger partial charge in [0.05, 0.1) is 13.2 Å². The highest BCUT2D eigenvalue weighted by atomic mass is 19.1. The maximum atomic E-state index is 13.6. The van der Waals surface area contributed by atoms with Crippen molar-refractivity contribution in [1.82, 2.24) is 5.32 Å². The van der Waals surface area contributed by atoms with Gasteiger partial charge in [-0.3, -0.25) is 0 Å². The minimum atomic E-state index is -0.574. The topological polar surface area (TPSA) is 47.6 Å². The zero-order valence-electron chi connectivity index (χ0n) is 11.9. The molecule has 0 spiro atoms. The number of halogens is 1. The number of methoxy groups -OCH3 is 1. The molecular formula is C14H20FNO3. The second-order valence-corrected chi connectivity index (χ2v) is 5.23. The molecule has 1 unspecified atom stereocenters. The van der Waals surface area contributed by atoms with E-state index in [1.807, 2.05) is 0 Å². The van der Waals surface area contributed by atoms with Gasteiger partial charge in [-0.2, -0.15) is 0 Å². The number of nitrogens with one attached hydrogen (secondary N) is 1. The molecule has 0 saturated heterocycles. The summed E-state index contributed by atoms with van der Waals surface area (Å²) in [5.74, 6) is -0.330. The molecule has 1 rings (SSSR count). The van der Waals surface area contributed by atoms with Crippen LogP contribution in [-0.4, -0.2) is 18.8 Å². The lowest BCUT2D eigenvalue weighted by Gasteiger charge is -2.22. The summed E-state index contributed by atoms with van der Waals surface area (Å²) in [6, 6.07) is 4.16. The first kappa shape index (κ1) is 15.3. The van der Waals surface area contributed by atoms with Gasteiger partial charge in [0.2, 0.25) is 0 Å². The number of ether oxygens (including phenoxy) is 2. The van der Waals surface area contributed by atoms with E-state index in [4.69, 9.17) is 9.47 Å². The summed E-state index contributed by atoms with van der Waals surface area (Å²) in [5, 5.41) is 2.65. The molecule has 0 aliphatic rings. The Bertz CT molecular complexity index is 454. The number of hydrogen-bond acceptors (Lipinski definition) is 3. The monoisotopic (exact) mass is 269 g/mol. The van der Waals surface area contributed by atoms with Gasteiger partial charge in [-0.15, -0.1) is 0 Å². The lowest BCUT2D eigenvalue weighted by Crippen LogP contribution is -2.34.